The van der Waals surface area contributed by atoms with Crippen molar-refractivity contribution in [2.75, 3.05) is 6.54 Å². The highest BCUT2D eigenvalue weighted by Gasteiger charge is 2.25. The second kappa shape index (κ2) is 4.91. The molecule has 0 fully saturated rings. The molecule has 0 saturated carbocycles. The summed E-state index contributed by atoms with van der Waals surface area (Å²) in [7, 11) is 0. The van der Waals surface area contributed by atoms with Gasteiger partial charge in [0.25, 0.3) is 0 Å². The van der Waals surface area contributed by atoms with Crippen molar-refractivity contribution >= 4 is 0 Å². The third-order valence-corrected chi connectivity index (χ3v) is 3.84. The maximum Gasteiger partial charge on any atom is 0.0293 e. The van der Waals surface area contributed by atoms with Crippen LogP contribution in [0.5, 0.6) is 0 Å². The number of nitrogens with zero attached hydrogens (tertiary/aromatic N) is 1. The predicted octanol–water partition coefficient (Wildman–Crippen LogP) is 3.07. The monoisotopic (exact) mass is 238 g/mol. The molecule has 0 radical (unpaired) electrons. The van der Waals surface area contributed by atoms with E-state index in [0.717, 1.165) is 6.54 Å². The van der Waals surface area contributed by atoms with Crippen molar-refractivity contribution in [2.45, 2.75) is 25.3 Å². The molecule has 92 valence electrons. The fourth-order valence-corrected chi connectivity index (χ4v) is 2.63. The summed E-state index contributed by atoms with van der Waals surface area (Å²) in [6, 6.07) is 13.3. The molecule has 2 nitrogen and oxygen atoms in total. The van der Waals surface area contributed by atoms with E-state index < -0.39 is 0 Å². The Morgan fingerprint density at radius 3 is 2.78 bits per heavy atom. The van der Waals surface area contributed by atoms with Crippen LogP contribution in [0.1, 0.15) is 35.6 Å². The first kappa shape index (κ1) is 11.4. The van der Waals surface area contributed by atoms with Gasteiger partial charge in [0.15, 0.2) is 0 Å². The number of aromatic nitrogens is 1. The number of hydrogen-bond donors (Lipinski definition) is 1. The van der Waals surface area contributed by atoms with Crippen LogP contribution in [0.25, 0.3) is 0 Å². The zero-order valence-electron chi connectivity index (χ0n) is 10.6. The lowest BCUT2D eigenvalue weighted by Crippen LogP contribution is -2.30. The molecule has 2 atom stereocenters. The molecule has 0 aliphatic heterocycles. The Bertz CT molecular complexity index is 520. The van der Waals surface area contributed by atoms with Crippen LogP contribution in [0.3, 0.4) is 0 Å². The minimum absolute atomic E-state index is 0.390. The van der Waals surface area contributed by atoms with E-state index in [1.807, 2.05) is 12.4 Å². The van der Waals surface area contributed by atoms with E-state index in [1.54, 1.807) is 0 Å². The smallest absolute Gasteiger partial charge is 0.0293 e. The summed E-state index contributed by atoms with van der Waals surface area (Å²) in [6.07, 6.45) is 4.92. The van der Waals surface area contributed by atoms with Crippen molar-refractivity contribution in [1.29, 1.82) is 0 Å². The number of nitrogens with one attached hydrogen (secondary N) is 1. The second-order valence-electron chi connectivity index (χ2n) is 5.01. The number of benzene rings is 1. The van der Waals surface area contributed by atoms with Crippen LogP contribution in [0.4, 0.5) is 0 Å². The van der Waals surface area contributed by atoms with E-state index in [4.69, 9.17) is 0 Å². The van der Waals surface area contributed by atoms with Gasteiger partial charge in [-0.05, 0) is 42.2 Å². The van der Waals surface area contributed by atoms with Crippen molar-refractivity contribution in [3.8, 4) is 0 Å². The molecule has 2 heteroatoms. The highest BCUT2D eigenvalue weighted by molar-refractivity contribution is 5.40. The van der Waals surface area contributed by atoms with E-state index in [2.05, 4.69) is 53.6 Å². The molecule has 0 spiro atoms. The Morgan fingerprint density at radius 1 is 1.22 bits per heavy atom. The summed E-state index contributed by atoms with van der Waals surface area (Å²) in [5, 5.41) is 3.61. The number of pyridine rings is 1. The highest BCUT2D eigenvalue weighted by Crippen LogP contribution is 2.34. The van der Waals surface area contributed by atoms with Crippen molar-refractivity contribution in [2.24, 2.45) is 0 Å². The Labute approximate surface area is 108 Å². The van der Waals surface area contributed by atoms with E-state index in [1.165, 1.54) is 23.1 Å². The van der Waals surface area contributed by atoms with Gasteiger partial charge in [-0.3, -0.25) is 4.98 Å². The van der Waals surface area contributed by atoms with Crippen LogP contribution in [-0.2, 0) is 6.42 Å². The minimum atomic E-state index is 0.390. The first-order valence-electron chi connectivity index (χ1n) is 6.55. The van der Waals surface area contributed by atoms with Crippen LogP contribution < -0.4 is 5.32 Å². The Hall–Kier alpha value is -1.67. The van der Waals surface area contributed by atoms with Crippen LogP contribution in [0, 0.1) is 0 Å². The maximum absolute atomic E-state index is 4.05. The predicted molar refractivity (Wildman–Crippen MR) is 73.5 cm³/mol. The molecule has 1 aromatic heterocycles. The van der Waals surface area contributed by atoms with Gasteiger partial charge in [-0.25, -0.2) is 0 Å². The lowest BCUT2D eigenvalue weighted by atomic mass is 9.77. The molecular weight excluding hydrogens is 220 g/mol. The van der Waals surface area contributed by atoms with Crippen LogP contribution in [0.2, 0.25) is 0 Å². The van der Waals surface area contributed by atoms with Crippen molar-refractivity contribution < 1.29 is 0 Å². The minimum Gasteiger partial charge on any atom is -0.310 e. The van der Waals surface area contributed by atoms with Gasteiger partial charge in [-0.2, -0.15) is 0 Å². The third-order valence-electron chi connectivity index (χ3n) is 3.84. The average Bonchev–Trinajstić information content (AvgIpc) is 2.40. The van der Waals surface area contributed by atoms with E-state index in [0.29, 0.717) is 12.0 Å². The number of hydrogen-bond acceptors (Lipinski definition) is 2. The SMILES string of the molecule is C[C@@H](NCC1Cc2ccccc21)c1ccncc1. The van der Waals surface area contributed by atoms with Gasteiger partial charge >= 0.3 is 0 Å². The normalized spacial score (nSPS) is 18.8. The first-order chi connectivity index (χ1) is 8.84. The third kappa shape index (κ3) is 2.16. The molecule has 1 unspecified atom stereocenters. The molecular formula is C16H18N2. The van der Waals surface area contributed by atoms with Gasteiger partial charge in [0.1, 0.15) is 0 Å². The fraction of sp³-hybridized carbons (Fsp3) is 0.312. The molecule has 0 bridgehead atoms. The van der Waals surface area contributed by atoms with E-state index in [-0.39, 0.29) is 0 Å². The van der Waals surface area contributed by atoms with Crippen LogP contribution in [0.15, 0.2) is 48.8 Å². The topological polar surface area (TPSA) is 24.9 Å². The standard InChI is InChI=1S/C16H18N2/c1-12(13-6-8-17-9-7-13)18-11-15-10-14-4-2-3-5-16(14)15/h2-9,12,15,18H,10-11H2,1H3/t12-,15?/m1/s1. The molecule has 1 N–H and O–H groups in total. The Balaban J connectivity index is 1.58. The lowest BCUT2D eigenvalue weighted by Gasteiger charge is -2.31. The van der Waals surface area contributed by atoms with Gasteiger partial charge in [-0.15, -0.1) is 0 Å². The van der Waals surface area contributed by atoms with Crippen LogP contribution >= 0.6 is 0 Å². The highest BCUT2D eigenvalue weighted by atomic mass is 14.9. The largest absolute Gasteiger partial charge is 0.310 e. The van der Waals surface area contributed by atoms with Crippen molar-refractivity contribution in [3.63, 3.8) is 0 Å². The van der Waals surface area contributed by atoms with Crippen molar-refractivity contribution in [1.82, 2.24) is 10.3 Å². The summed E-state index contributed by atoms with van der Waals surface area (Å²) in [6.45, 7) is 3.26. The first-order valence-corrected chi connectivity index (χ1v) is 6.55. The van der Waals surface area contributed by atoms with Gasteiger partial charge in [0.05, 0.1) is 0 Å². The molecule has 1 aliphatic rings. The summed E-state index contributed by atoms with van der Waals surface area (Å²) in [5.74, 6) is 0.686. The zero-order valence-corrected chi connectivity index (χ0v) is 10.6. The summed E-state index contributed by atoms with van der Waals surface area (Å²) >= 11 is 0. The number of rotatable bonds is 4. The van der Waals surface area contributed by atoms with E-state index in [9.17, 15) is 0 Å². The summed E-state index contributed by atoms with van der Waals surface area (Å²) in [4.78, 5) is 4.05. The van der Waals surface area contributed by atoms with E-state index >= 15 is 0 Å². The Morgan fingerprint density at radius 2 is 2.00 bits per heavy atom. The summed E-state index contributed by atoms with van der Waals surface area (Å²) in [5.41, 5.74) is 4.34. The molecule has 1 aromatic carbocycles. The maximum atomic E-state index is 4.05. The van der Waals surface area contributed by atoms with Crippen LogP contribution in [-0.4, -0.2) is 11.5 Å². The number of fused-ring (bicyclic) bond motifs is 1. The average molecular weight is 238 g/mol. The quantitative estimate of drug-likeness (QED) is 0.885. The van der Waals surface area contributed by atoms with Crippen molar-refractivity contribution in [3.05, 3.63) is 65.5 Å². The van der Waals surface area contributed by atoms with Gasteiger partial charge in [-0.1, -0.05) is 24.3 Å². The molecule has 1 heterocycles. The fourth-order valence-electron chi connectivity index (χ4n) is 2.63. The molecule has 1 aliphatic carbocycles. The molecule has 0 saturated heterocycles. The van der Waals surface area contributed by atoms with Gasteiger partial charge in [0, 0.05) is 30.9 Å². The molecule has 18 heavy (non-hydrogen) atoms. The van der Waals surface area contributed by atoms with Gasteiger partial charge in [0.2, 0.25) is 0 Å². The second-order valence-corrected chi connectivity index (χ2v) is 5.01. The molecule has 0 amide bonds. The lowest BCUT2D eigenvalue weighted by molar-refractivity contribution is 0.489. The van der Waals surface area contributed by atoms with Gasteiger partial charge < -0.3 is 5.32 Å². The zero-order chi connectivity index (χ0) is 12.4. The summed E-state index contributed by atoms with van der Waals surface area (Å²) < 4.78 is 0. The molecule has 3 rings (SSSR count). The Kier molecular flexibility index (Phi) is 3.11. The molecule has 2 aromatic rings.